The molecule has 1 aliphatic carbocycles. The zero-order chi connectivity index (χ0) is 10.8. The molecule has 0 bridgehead atoms. The molecule has 0 unspecified atom stereocenters. The molecule has 82 valence electrons. The Morgan fingerprint density at radius 3 is 2.29 bits per heavy atom. The monoisotopic (exact) mass is 218 g/mol. The van der Waals surface area contributed by atoms with Crippen molar-refractivity contribution in [3.05, 3.63) is 12.7 Å². The van der Waals surface area contributed by atoms with Gasteiger partial charge in [0.25, 0.3) is 0 Å². The molecular weight excluding hydrogens is 199 g/mol. The van der Waals surface area contributed by atoms with E-state index >= 15 is 0 Å². The molecule has 3 nitrogen and oxygen atoms in total. The van der Waals surface area contributed by atoms with Crippen LogP contribution in [0.15, 0.2) is 12.7 Å². The highest BCUT2D eigenvalue weighted by atomic mass is 31.2. The smallest absolute Gasteiger partial charge is 0.308 e. The average molecular weight is 218 g/mol. The Hall–Kier alpha value is -0.110. The van der Waals surface area contributed by atoms with Crippen molar-refractivity contribution < 1.29 is 13.6 Å². The van der Waals surface area contributed by atoms with Crippen LogP contribution in [0.2, 0.25) is 0 Å². The Bertz CT molecular complexity index is 254. The third-order valence-electron chi connectivity index (χ3n) is 2.78. The van der Waals surface area contributed by atoms with Gasteiger partial charge in [-0.25, -0.2) is 0 Å². The highest BCUT2D eigenvalue weighted by molar-refractivity contribution is 7.56. The molecule has 0 N–H and O–H groups in total. The van der Waals surface area contributed by atoms with Crippen LogP contribution >= 0.6 is 7.60 Å². The van der Waals surface area contributed by atoms with Crippen molar-refractivity contribution in [2.75, 3.05) is 13.2 Å². The highest BCUT2D eigenvalue weighted by Gasteiger charge is 2.63. The van der Waals surface area contributed by atoms with Gasteiger partial charge < -0.3 is 9.05 Å². The standard InChI is InChI=1S/C10H19O3P/c1-5-9-8-10(9,4)14(11,12-6-2)13-7-3/h5,9H,1,6-8H2,2-4H3/t9-,10+/m1/s1. The van der Waals surface area contributed by atoms with Crippen molar-refractivity contribution in [1.29, 1.82) is 0 Å². The topological polar surface area (TPSA) is 35.5 Å². The molecule has 1 saturated carbocycles. The summed E-state index contributed by atoms with van der Waals surface area (Å²) in [5.41, 5.74) is 0. The van der Waals surface area contributed by atoms with Gasteiger partial charge >= 0.3 is 7.60 Å². The summed E-state index contributed by atoms with van der Waals surface area (Å²) >= 11 is 0. The maximum Gasteiger partial charge on any atom is 0.337 e. The highest BCUT2D eigenvalue weighted by Crippen LogP contribution is 2.73. The second-order valence-corrected chi connectivity index (χ2v) is 6.27. The normalized spacial score (nSPS) is 31.5. The predicted octanol–water partition coefficient (Wildman–Crippen LogP) is 3.22. The van der Waals surface area contributed by atoms with Gasteiger partial charge in [0.15, 0.2) is 0 Å². The average Bonchev–Trinajstić information content (AvgIpc) is 2.80. The van der Waals surface area contributed by atoms with E-state index < -0.39 is 7.60 Å². The van der Waals surface area contributed by atoms with Gasteiger partial charge in [-0.2, -0.15) is 0 Å². The van der Waals surface area contributed by atoms with Gasteiger partial charge in [-0.1, -0.05) is 6.08 Å². The van der Waals surface area contributed by atoms with Gasteiger partial charge in [0.1, 0.15) is 0 Å². The fraction of sp³-hybridized carbons (Fsp3) is 0.800. The lowest BCUT2D eigenvalue weighted by Crippen LogP contribution is -2.12. The van der Waals surface area contributed by atoms with Crippen molar-refractivity contribution >= 4 is 7.60 Å². The summed E-state index contributed by atoms with van der Waals surface area (Å²) in [5.74, 6) is 0.270. The van der Waals surface area contributed by atoms with Crippen LogP contribution in [0, 0.1) is 5.92 Å². The van der Waals surface area contributed by atoms with Crippen molar-refractivity contribution in [1.82, 2.24) is 0 Å². The van der Waals surface area contributed by atoms with E-state index in [0.717, 1.165) is 6.42 Å². The van der Waals surface area contributed by atoms with E-state index in [1.54, 1.807) is 0 Å². The number of rotatable bonds is 6. The van der Waals surface area contributed by atoms with E-state index in [1.807, 2.05) is 26.8 Å². The Morgan fingerprint density at radius 1 is 1.50 bits per heavy atom. The van der Waals surface area contributed by atoms with Gasteiger partial charge in [0, 0.05) is 0 Å². The van der Waals surface area contributed by atoms with Crippen LogP contribution in [-0.4, -0.2) is 18.4 Å². The van der Waals surface area contributed by atoms with E-state index in [-0.39, 0.29) is 11.1 Å². The Morgan fingerprint density at radius 2 is 2.00 bits per heavy atom. The van der Waals surface area contributed by atoms with Gasteiger partial charge in [0.05, 0.1) is 18.4 Å². The molecule has 0 heterocycles. The van der Waals surface area contributed by atoms with Crippen LogP contribution < -0.4 is 0 Å². The molecule has 0 aliphatic heterocycles. The Balaban J connectivity index is 2.78. The van der Waals surface area contributed by atoms with E-state index in [1.165, 1.54) is 0 Å². The molecule has 0 aromatic heterocycles. The predicted molar refractivity (Wildman–Crippen MR) is 57.6 cm³/mol. The molecule has 1 aliphatic rings. The van der Waals surface area contributed by atoms with Crippen LogP contribution in [0.25, 0.3) is 0 Å². The molecule has 0 amide bonds. The molecule has 0 aromatic carbocycles. The number of allylic oxidation sites excluding steroid dienone is 1. The quantitative estimate of drug-likeness (QED) is 0.507. The van der Waals surface area contributed by atoms with Crippen molar-refractivity contribution in [3.63, 3.8) is 0 Å². The fourth-order valence-corrected chi connectivity index (χ4v) is 3.99. The van der Waals surface area contributed by atoms with Gasteiger partial charge in [0.2, 0.25) is 0 Å². The van der Waals surface area contributed by atoms with Crippen molar-refractivity contribution in [2.24, 2.45) is 5.92 Å². The van der Waals surface area contributed by atoms with E-state index in [9.17, 15) is 4.57 Å². The summed E-state index contributed by atoms with van der Waals surface area (Å²) in [6.07, 6.45) is 2.69. The fourth-order valence-electron chi connectivity index (χ4n) is 1.71. The second kappa shape index (κ2) is 4.18. The maximum atomic E-state index is 12.4. The molecule has 2 atom stereocenters. The van der Waals surface area contributed by atoms with Crippen molar-refractivity contribution in [2.45, 2.75) is 32.3 Å². The zero-order valence-electron chi connectivity index (χ0n) is 9.16. The molecule has 0 aromatic rings. The summed E-state index contributed by atoms with van der Waals surface area (Å²) < 4.78 is 23.0. The minimum Gasteiger partial charge on any atom is -0.308 e. The molecule has 0 saturated heterocycles. The molecule has 1 rings (SSSR count). The molecule has 0 spiro atoms. The van der Waals surface area contributed by atoms with Crippen LogP contribution in [-0.2, 0) is 13.6 Å². The largest absolute Gasteiger partial charge is 0.337 e. The van der Waals surface area contributed by atoms with E-state index in [2.05, 4.69) is 6.58 Å². The first-order valence-electron chi connectivity index (χ1n) is 5.05. The summed E-state index contributed by atoms with van der Waals surface area (Å²) in [6, 6.07) is 0. The van der Waals surface area contributed by atoms with Gasteiger partial charge in [-0.3, -0.25) is 4.57 Å². The lowest BCUT2D eigenvalue weighted by Gasteiger charge is -2.23. The van der Waals surface area contributed by atoms with Crippen LogP contribution in [0.1, 0.15) is 27.2 Å². The SMILES string of the molecule is C=C[C@@H]1C[C@]1(C)P(=O)(OCC)OCC. The molecule has 1 fully saturated rings. The van der Waals surface area contributed by atoms with Crippen LogP contribution in [0.3, 0.4) is 0 Å². The summed E-state index contributed by atoms with van der Waals surface area (Å²) in [7, 11) is -2.94. The number of hydrogen-bond acceptors (Lipinski definition) is 3. The van der Waals surface area contributed by atoms with Gasteiger partial charge in [-0.05, 0) is 33.1 Å². The third-order valence-corrected chi connectivity index (χ3v) is 5.74. The Kier molecular flexibility index (Phi) is 3.57. The van der Waals surface area contributed by atoms with Crippen molar-refractivity contribution in [3.8, 4) is 0 Å². The molecule has 0 radical (unpaired) electrons. The third kappa shape index (κ3) is 1.81. The first-order valence-corrected chi connectivity index (χ1v) is 6.60. The first kappa shape index (κ1) is 12.0. The van der Waals surface area contributed by atoms with Gasteiger partial charge in [-0.15, -0.1) is 6.58 Å². The lowest BCUT2D eigenvalue weighted by atomic mass is 10.3. The van der Waals surface area contributed by atoms with Crippen LogP contribution in [0.5, 0.6) is 0 Å². The summed E-state index contributed by atoms with van der Waals surface area (Å²) in [6.45, 7) is 10.2. The maximum absolute atomic E-state index is 12.4. The zero-order valence-corrected chi connectivity index (χ0v) is 10.0. The minimum absolute atomic E-state index is 0.270. The second-order valence-electron chi connectivity index (χ2n) is 3.74. The summed E-state index contributed by atoms with van der Waals surface area (Å²) in [4.78, 5) is 0. The molecular formula is C10H19O3P. The molecule has 14 heavy (non-hydrogen) atoms. The first-order chi connectivity index (χ1) is 6.54. The van der Waals surface area contributed by atoms with Crippen LogP contribution in [0.4, 0.5) is 0 Å². The number of hydrogen-bond donors (Lipinski definition) is 0. The summed E-state index contributed by atoms with van der Waals surface area (Å²) in [5, 5.41) is -0.333. The molecule has 4 heteroatoms. The van der Waals surface area contributed by atoms with E-state index in [0.29, 0.717) is 13.2 Å². The van der Waals surface area contributed by atoms with E-state index in [4.69, 9.17) is 9.05 Å². The lowest BCUT2D eigenvalue weighted by molar-refractivity contribution is 0.210. The Labute approximate surface area is 86.0 Å². The minimum atomic E-state index is -2.94.